The first kappa shape index (κ1) is 16.3. The summed E-state index contributed by atoms with van der Waals surface area (Å²) in [5, 5.41) is 0. The highest BCUT2D eigenvalue weighted by atomic mass is 79.9. The third-order valence-electron chi connectivity index (χ3n) is 3.77. The number of carbonyl (C=O) groups is 1. The van der Waals surface area contributed by atoms with E-state index in [4.69, 9.17) is 10.5 Å². The predicted molar refractivity (Wildman–Crippen MR) is 87.0 cm³/mol. The Labute approximate surface area is 134 Å². The molecule has 2 N–H and O–H groups in total. The van der Waals surface area contributed by atoms with E-state index in [0.717, 1.165) is 16.5 Å². The van der Waals surface area contributed by atoms with Gasteiger partial charge >= 0.3 is 6.09 Å². The minimum absolute atomic E-state index is 0.0115. The number of hydrogen-bond donors (Lipinski definition) is 1. The lowest BCUT2D eigenvalue weighted by molar-refractivity contribution is 0.00329. The number of hydrogen-bond acceptors (Lipinski definition) is 3. The molecule has 1 aliphatic heterocycles. The van der Waals surface area contributed by atoms with Gasteiger partial charge in [0, 0.05) is 29.4 Å². The Bertz CT molecular complexity index is 496. The van der Waals surface area contributed by atoms with Gasteiger partial charge in [-0.25, -0.2) is 4.79 Å². The molecule has 0 aromatic heterocycles. The van der Waals surface area contributed by atoms with Crippen LogP contribution in [0.1, 0.15) is 45.2 Å². The van der Waals surface area contributed by atoms with E-state index in [-0.39, 0.29) is 23.8 Å². The number of rotatable bonds is 4. The van der Waals surface area contributed by atoms with Gasteiger partial charge in [-0.15, -0.1) is 0 Å². The molecule has 1 aromatic carbocycles. The van der Waals surface area contributed by atoms with Crippen molar-refractivity contribution in [1.82, 2.24) is 4.90 Å². The summed E-state index contributed by atoms with van der Waals surface area (Å²) in [7, 11) is 0. The number of ether oxygens (including phenoxy) is 1. The van der Waals surface area contributed by atoms with Gasteiger partial charge in [-0.3, -0.25) is 0 Å². The van der Waals surface area contributed by atoms with Crippen molar-refractivity contribution in [3.05, 3.63) is 34.3 Å². The highest BCUT2D eigenvalue weighted by molar-refractivity contribution is 9.10. The summed E-state index contributed by atoms with van der Waals surface area (Å²) in [5.74, 6) is 0. The smallest absolute Gasteiger partial charge is 0.410 e. The predicted octanol–water partition coefficient (Wildman–Crippen LogP) is 3.85. The molecule has 5 heteroatoms. The summed E-state index contributed by atoms with van der Waals surface area (Å²) in [4.78, 5) is 14.0. The normalized spacial score (nSPS) is 21.1. The molecule has 0 saturated carbocycles. The molecule has 0 spiro atoms. The van der Waals surface area contributed by atoms with Crippen LogP contribution in [0.5, 0.6) is 0 Å². The fourth-order valence-electron chi connectivity index (χ4n) is 2.65. The van der Waals surface area contributed by atoms with Gasteiger partial charge in [-0.1, -0.05) is 28.1 Å². The van der Waals surface area contributed by atoms with E-state index in [0.29, 0.717) is 13.0 Å². The van der Waals surface area contributed by atoms with Crippen LogP contribution in [0.2, 0.25) is 0 Å². The number of nitrogens with two attached hydrogens (primary N) is 1. The number of cyclic esters (lactones) is 1. The summed E-state index contributed by atoms with van der Waals surface area (Å²) in [6, 6.07) is 8.04. The topological polar surface area (TPSA) is 55.6 Å². The van der Waals surface area contributed by atoms with E-state index in [9.17, 15) is 4.79 Å². The summed E-state index contributed by atoms with van der Waals surface area (Å²) in [6.45, 7) is 6.64. The molecule has 1 heterocycles. The molecule has 1 aliphatic rings. The molecule has 2 atom stereocenters. The van der Waals surface area contributed by atoms with Crippen LogP contribution in [0, 0.1) is 0 Å². The zero-order valence-corrected chi connectivity index (χ0v) is 14.4. The first-order chi connectivity index (χ1) is 9.76. The van der Waals surface area contributed by atoms with Crippen LogP contribution < -0.4 is 5.73 Å². The van der Waals surface area contributed by atoms with Gasteiger partial charge in [0.2, 0.25) is 0 Å². The third kappa shape index (κ3) is 4.45. The maximum atomic E-state index is 12.2. The van der Waals surface area contributed by atoms with Crippen LogP contribution in [0.3, 0.4) is 0 Å². The van der Waals surface area contributed by atoms with Gasteiger partial charge in [-0.05, 0) is 38.5 Å². The first-order valence-corrected chi connectivity index (χ1v) is 8.07. The highest BCUT2D eigenvalue weighted by Crippen LogP contribution is 2.28. The molecule has 1 amide bonds. The monoisotopic (exact) mass is 354 g/mol. The summed E-state index contributed by atoms with van der Waals surface area (Å²) >= 11 is 3.42. The average molecular weight is 355 g/mol. The van der Waals surface area contributed by atoms with Crippen molar-refractivity contribution in [2.75, 3.05) is 6.54 Å². The molecule has 1 aromatic rings. The van der Waals surface area contributed by atoms with Crippen LogP contribution in [-0.2, 0) is 4.74 Å². The number of nitrogens with zero attached hydrogens (tertiary/aromatic N) is 1. The first-order valence-electron chi connectivity index (χ1n) is 7.28. The summed E-state index contributed by atoms with van der Waals surface area (Å²) in [5.41, 5.74) is 6.79. The number of benzene rings is 1. The average Bonchev–Trinajstić information content (AvgIpc) is 2.37. The highest BCUT2D eigenvalue weighted by Gasteiger charge is 2.32. The Morgan fingerprint density at radius 1 is 1.43 bits per heavy atom. The second-order valence-corrected chi connectivity index (χ2v) is 7.32. The minimum Gasteiger partial charge on any atom is -0.446 e. The molecule has 2 rings (SSSR count). The molecule has 116 valence electrons. The largest absolute Gasteiger partial charge is 0.446 e. The molecule has 21 heavy (non-hydrogen) atoms. The molecule has 1 saturated heterocycles. The Hall–Kier alpha value is -1.07. The van der Waals surface area contributed by atoms with Gasteiger partial charge in [0.25, 0.3) is 0 Å². The Balaban J connectivity index is 2.00. The molecule has 1 fully saturated rings. The SMILES string of the molecule is CC(c1ccc(Br)cc1)N1CCC(CC(C)(C)N)OC1=O. The van der Waals surface area contributed by atoms with Crippen molar-refractivity contribution in [2.24, 2.45) is 5.73 Å². The van der Waals surface area contributed by atoms with Crippen molar-refractivity contribution in [3.8, 4) is 0 Å². The third-order valence-corrected chi connectivity index (χ3v) is 4.30. The van der Waals surface area contributed by atoms with E-state index in [1.54, 1.807) is 4.90 Å². The van der Waals surface area contributed by atoms with Gasteiger partial charge in [-0.2, -0.15) is 0 Å². The van der Waals surface area contributed by atoms with E-state index in [1.165, 1.54) is 0 Å². The van der Waals surface area contributed by atoms with Crippen LogP contribution in [0.4, 0.5) is 4.79 Å². The van der Waals surface area contributed by atoms with Crippen LogP contribution in [-0.4, -0.2) is 29.2 Å². The summed E-state index contributed by atoms with van der Waals surface area (Å²) < 4.78 is 6.57. The molecule has 4 nitrogen and oxygen atoms in total. The quantitative estimate of drug-likeness (QED) is 0.893. The van der Waals surface area contributed by atoms with Crippen molar-refractivity contribution >= 4 is 22.0 Å². The number of amides is 1. The van der Waals surface area contributed by atoms with Crippen LogP contribution in [0.15, 0.2) is 28.7 Å². The molecular formula is C16H23BrN2O2. The van der Waals surface area contributed by atoms with E-state index in [2.05, 4.69) is 15.9 Å². The lowest BCUT2D eigenvalue weighted by atomic mass is 9.95. The number of carbonyl (C=O) groups excluding carboxylic acids is 1. The minimum atomic E-state index is -0.315. The number of halogens is 1. The zero-order valence-electron chi connectivity index (χ0n) is 12.8. The van der Waals surface area contributed by atoms with E-state index in [1.807, 2.05) is 45.0 Å². The van der Waals surface area contributed by atoms with Gasteiger partial charge in [0.05, 0.1) is 6.04 Å². The van der Waals surface area contributed by atoms with Crippen LogP contribution in [0.25, 0.3) is 0 Å². The molecule has 0 radical (unpaired) electrons. The van der Waals surface area contributed by atoms with Gasteiger partial charge < -0.3 is 15.4 Å². The molecule has 2 unspecified atom stereocenters. The van der Waals surface area contributed by atoms with Crippen molar-refractivity contribution in [3.63, 3.8) is 0 Å². The maximum Gasteiger partial charge on any atom is 0.410 e. The van der Waals surface area contributed by atoms with Crippen molar-refractivity contribution in [1.29, 1.82) is 0 Å². The second kappa shape index (κ2) is 6.36. The Morgan fingerprint density at radius 2 is 2.05 bits per heavy atom. The Kier molecular flexibility index (Phi) is 4.94. The molecule has 0 aliphatic carbocycles. The van der Waals surface area contributed by atoms with Crippen molar-refractivity contribution in [2.45, 2.75) is 51.3 Å². The second-order valence-electron chi connectivity index (χ2n) is 6.41. The standard InChI is InChI=1S/C16H23BrN2O2/c1-11(12-4-6-13(17)7-5-12)19-9-8-14(21-15(19)20)10-16(2,3)18/h4-7,11,14H,8-10,18H2,1-3H3. The lowest BCUT2D eigenvalue weighted by Crippen LogP contribution is -2.46. The van der Waals surface area contributed by atoms with Gasteiger partial charge in [0.15, 0.2) is 0 Å². The lowest BCUT2D eigenvalue weighted by Gasteiger charge is -2.37. The fourth-order valence-corrected chi connectivity index (χ4v) is 2.91. The fraction of sp³-hybridized carbons (Fsp3) is 0.562. The van der Waals surface area contributed by atoms with Gasteiger partial charge in [0.1, 0.15) is 6.10 Å². The van der Waals surface area contributed by atoms with E-state index < -0.39 is 0 Å². The molecular weight excluding hydrogens is 332 g/mol. The van der Waals surface area contributed by atoms with E-state index >= 15 is 0 Å². The van der Waals surface area contributed by atoms with Crippen LogP contribution >= 0.6 is 15.9 Å². The Morgan fingerprint density at radius 3 is 2.57 bits per heavy atom. The van der Waals surface area contributed by atoms with Crippen molar-refractivity contribution < 1.29 is 9.53 Å². The maximum absolute atomic E-state index is 12.2. The summed E-state index contributed by atoms with van der Waals surface area (Å²) in [6.07, 6.45) is 1.20. The molecule has 0 bridgehead atoms. The zero-order chi connectivity index (χ0) is 15.6.